The summed E-state index contributed by atoms with van der Waals surface area (Å²) in [6.45, 7) is 2.17. The number of carboxylic acids is 1. The summed E-state index contributed by atoms with van der Waals surface area (Å²) in [4.78, 5) is 35.5. The summed E-state index contributed by atoms with van der Waals surface area (Å²) in [6, 6.07) is 16.3. The van der Waals surface area contributed by atoms with Crippen LogP contribution in [0.3, 0.4) is 0 Å². The van der Waals surface area contributed by atoms with E-state index in [0.717, 1.165) is 22.7 Å². The zero-order valence-electron chi connectivity index (χ0n) is 18.4. The molecule has 0 radical (unpaired) electrons. The zero-order chi connectivity index (χ0) is 24.1. The molecular formula is C24H23N3O5S2. The number of rotatable bonds is 9. The fourth-order valence-corrected chi connectivity index (χ4v) is 5.36. The number of thioether (sulfide) groups is 1. The molecule has 2 amide bonds. The van der Waals surface area contributed by atoms with Crippen LogP contribution in [0.2, 0.25) is 0 Å². The van der Waals surface area contributed by atoms with E-state index >= 15 is 0 Å². The van der Waals surface area contributed by atoms with Gasteiger partial charge in [0.05, 0.1) is 11.4 Å². The molecule has 10 heteroatoms. The Balaban J connectivity index is 1.18. The lowest BCUT2D eigenvalue weighted by Crippen LogP contribution is -2.28. The van der Waals surface area contributed by atoms with Gasteiger partial charge >= 0.3 is 12.1 Å². The zero-order valence-corrected chi connectivity index (χ0v) is 20.0. The first-order valence-electron chi connectivity index (χ1n) is 10.6. The Morgan fingerprint density at radius 2 is 1.74 bits per heavy atom. The average Bonchev–Trinajstić information content (AvgIpc) is 3.35. The quantitative estimate of drug-likeness (QED) is 0.376. The van der Waals surface area contributed by atoms with E-state index in [1.165, 1.54) is 22.9 Å². The van der Waals surface area contributed by atoms with Crippen molar-refractivity contribution in [1.82, 2.24) is 9.69 Å². The van der Waals surface area contributed by atoms with Gasteiger partial charge in [0, 0.05) is 18.2 Å². The molecule has 34 heavy (non-hydrogen) atoms. The number of hydrogen-bond acceptors (Lipinski definition) is 7. The van der Waals surface area contributed by atoms with Crippen LogP contribution >= 0.6 is 23.3 Å². The number of aryl methyl sites for hydroxylation is 1. The van der Waals surface area contributed by atoms with Crippen molar-refractivity contribution >= 4 is 46.3 Å². The molecule has 3 N–H and O–H groups in total. The van der Waals surface area contributed by atoms with Crippen LogP contribution in [0.4, 0.5) is 9.80 Å². The van der Waals surface area contributed by atoms with E-state index < -0.39 is 12.1 Å². The van der Waals surface area contributed by atoms with Gasteiger partial charge in [-0.25, -0.2) is 9.59 Å². The second-order valence-corrected chi connectivity index (χ2v) is 9.51. The van der Waals surface area contributed by atoms with Gasteiger partial charge in [-0.2, -0.15) is 16.1 Å². The van der Waals surface area contributed by atoms with E-state index in [-0.39, 0.29) is 34.7 Å². The van der Waals surface area contributed by atoms with Gasteiger partial charge < -0.3 is 20.5 Å². The molecule has 0 saturated carbocycles. The fourth-order valence-electron chi connectivity index (χ4n) is 3.91. The minimum atomic E-state index is -1.12. The third-order valence-corrected chi connectivity index (χ3v) is 7.24. The first-order valence-corrected chi connectivity index (χ1v) is 12.5. The molecule has 1 aromatic heterocycles. The van der Waals surface area contributed by atoms with Crippen LogP contribution in [0, 0.1) is 6.92 Å². The van der Waals surface area contributed by atoms with Crippen LogP contribution in [0.15, 0.2) is 48.5 Å². The number of fused-ring (bicyclic) bond motifs is 3. The first kappa shape index (κ1) is 23.8. The molecule has 4 rings (SSSR count). The van der Waals surface area contributed by atoms with Gasteiger partial charge in [0.15, 0.2) is 0 Å². The van der Waals surface area contributed by atoms with E-state index in [1.807, 2.05) is 24.3 Å². The monoisotopic (exact) mass is 497 g/mol. The number of aromatic carboxylic acids is 1. The standard InChI is InChI=1S/C24H23N3O5S2/c1-14-21(23(29)30)22(34-27-14)26-20(28)13-33-11-10-25-24(31)32-12-19-17-8-4-2-6-15(17)16-7-3-5-9-18(16)19/h2-9,19H,10-13H2,1H3,(H,25,31)(H,26,28)(H,29,30). The molecule has 0 bridgehead atoms. The van der Waals surface area contributed by atoms with E-state index in [2.05, 4.69) is 39.3 Å². The fraction of sp³-hybridized carbons (Fsp3) is 0.250. The van der Waals surface area contributed by atoms with Crippen molar-refractivity contribution < 1.29 is 24.2 Å². The lowest BCUT2D eigenvalue weighted by molar-refractivity contribution is -0.113. The van der Waals surface area contributed by atoms with E-state index in [4.69, 9.17) is 4.74 Å². The van der Waals surface area contributed by atoms with Crippen LogP contribution in [0.5, 0.6) is 0 Å². The topological polar surface area (TPSA) is 118 Å². The molecule has 2 aromatic carbocycles. The third kappa shape index (κ3) is 5.23. The minimum Gasteiger partial charge on any atom is -0.478 e. The van der Waals surface area contributed by atoms with Gasteiger partial charge in [-0.1, -0.05) is 48.5 Å². The Morgan fingerprint density at radius 3 is 2.38 bits per heavy atom. The maximum absolute atomic E-state index is 12.2. The van der Waals surface area contributed by atoms with Crippen molar-refractivity contribution in [3.05, 3.63) is 70.9 Å². The Bertz CT molecular complexity index is 1180. The summed E-state index contributed by atoms with van der Waals surface area (Å²) in [6.07, 6.45) is -0.502. The summed E-state index contributed by atoms with van der Waals surface area (Å²) >= 11 is 2.27. The predicted octanol–water partition coefficient (Wildman–Crippen LogP) is 4.36. The van der Waals surface area contributed by atoms with Crippen LogP contribution in [0.25, 0.3) is 11.1 Å². The second kappa shape index (κ2) is 10.7. The molecule has 0 spiro atoms. The number of anilines is 1. The van der Waals surface area contributed by atoms with Crippen molar-refractivity contribution in [2.45, 2.75) is 12.8 Å². The molecule has 3 aromatic rings. The minimum absolute atomic E-state index is 0.00212. The molecule has 0 saturated heterocycles. The normalized spacial score (nSPS) is 12.0. The lowest BCUT2D eigenvalue weighted by atomic mass is 9.98. The van der Waals surface area contributed by atoms with Gasteiger partial charge in [0.25, 0.3) is 0 Å². The molecule has 0 unspecified atom stereocenters. The van der Waals surface area contributed by atoms with Gasteiger partial charge in [0.1, 0.15) is 17.2 Å². The van der Waals surface area contributed by atoms with Gasteiger partial charge in [0.2, 0.25) is 5.91 Å². The Kier molecular flexibility index (Phi) is 7.49. The number of amides is 2. The molecule has 1 aliphatic rings. The van der Waals surface area contributed by atoms with Crippen molar-refractivity contribution in [2.75, 3.05) is 30.0 Å². The largest absolute Gasteiger partial charge is 0.478 e. The molecule has 1 aliphatic carbocycles. The highest BCUT2D eigenvalue weighted by molar-refractivity contribution is 7.99. The van der Waals surface area contributed by atoms with E-state index in [9.17, 15) is 19.5 Å². The van der Waals surface area contributed by atoms with Crippen LogP contribution in [0.1, 0.15) is 33.1 Å². The molecule has 1 heterocycles. The summed E-state index contributed by atoms with van der Waals surface area (Å²) in [5.41, 5.74) is 5.03. The number of carboxylic acid groups (broad SMARTS) is 1. The smallest absolute Gasteiger partial charge is 0.407 e. The summed E-state index contributed by atoms with van der Waals surface area (Å²) in [5, 5.41) is 14.7. The number of ether oxygens (including phenoxy) is 1. The van der Waals surface area contributed by atoms with Gasteiger partial charge in [-0.3, -0.25) is 4.79 Å². The highest BCUT2D eigenvalue weighted by Gasteiger charge is 2.29. The lowest BCUT2D eigenvalue weighted by Gasteiger charge is -2.14. The summed E-state index contributed by atoms with van der Waals surface area (Å²) in [7, 11) is 0. The highest BCUT2D eigenvalue weighted by atomic mass is 32.2. The average molecular weight is 498 g/mol. The highest BCUT2D eigenvalue weighted by Crippen LogP contribution is 2.44. The second-order valence-electron chi connectivity index (χ2n) is 7.63. The van der Waals surface area contributed by atoms with Crippen LogP contribution < -0.4 is 10.6 Å². The van der Waals surface area contributed by atoms with Crippen LogP contribution in [-0.2, 0) is 9.53 Å². The number of aromatic nitrogens is 1. The number of alkyl carbamates (subject to hydrolysis) is 1. The molecule has 8 nitrogen and oxygen atoms in total. The van der Waals surface area contributed by atoms with Crippen molar-refractivity contribution in [3.63, 3.8) is 0 Å². The van der Waals surface area contributed by atoms with Crippen molar-refractivity contribution in [2.24, 2.45) is 0 Å². The maximum Gasteiger partial charge on any atom is 0.407 e. The van der Waals surface area contributed by atoms with Crippen molar-refractivity contribution in [1.29, 1.82) is 0 Å². The molecular weight excluding hydrogens is 474 g/mol. The first-order chi connectivity index (χ1) is 16.5. The number of hydrogen-bond donors (Lipinski definition) is 3. The SMILES string of the molecule is Cc1nsc(NC(=O)CSCCNC(=O)OCC2c3ccccc3-c3ccccc32)c1C(=O)O. The van der Waals surface area contributed by atoms with Gasteiger partial charge in [-0.05, 0) is 40.7 Å². The maximum atomic E-state index is 12.2. The molecule has 0 atom stereocenters. The van der Waals surface area contributed by atoms with E-state index in [1.54, 1.807) is 6.92 Å². The molecule has 0 fully saturated rings. The van der Waals surface area contributed by atoms with Gasteiger partial charge in [-0.15, -0.1) is 0 Å². The number of carbonyl (C=O) groups excluding carboxylic acids is 2. The molecule has 0 aliphatic heterocycles. The summed E-state index contributed by atoms with van der Waals surface area (Å²) in [5.74, 6) is -0.811. The Hall–Kier alpha value is -3.37. The number of nitrogens with one attached hydrogen (secondary N) is 2. The number of carbonyl (C=O) groups is 3. The van der Waals surface area contributed by atoms with Crippen molar-refractivity contribution in [3.8, 4) is 11.1 Å². The van der Waals surface area contributed by atoms with E-state index in [0.29, 0.717) is 18.0 Å². The Morgan fingerprint density at radius 1 is 1.09 bits per heavy atom. The summed E-state index contributed by atoms with van der Waals surface area (Å²) < 4.78 is 9.45. The van der Waals surface area contributed by atoms with Crippen LogP contribution in [-0.4, -0.2) is 52.1 Å². The Labute approximate surface area is 204 Å². The number of nitrogens with zero attached hydrogens (tertiary/aromatic N) is 1. The number of benzene rings is 2. The molecule has 176 valence electrons. The third-order valence-electron chi connectivity index (χ3n) is 5.42. The predicted molar refractivity (Wildman–Crippen MR) is 133 cm³/mol.